The van der Waals surface area contributed by atoms with Crippen LogP contribution in [0.15, 0.2) is 16.6 Å². The molecule has 3 heterocycles. The molecule has 1 aromatic rings. The van der Waals surface area contributed by atoms with Gasteiger partial charge < -0.3 is 10.2 Å². The van der Waals surface area contributed by atoms with Gasteiger partial charge in [-0.25, -0.2) is 8.78 Å². The zero-order chi connectivity index (χ0) is 14.3. The second kappa shape index (κ2) is 5.41. The minimum Gasteiger partial charge on any atom is -0.348 e. The van der Waals surface area contributed by atoms with Gasteiger partial charge in [0.1, 0.15) is 17.2 Å². The molecule has 0 aliphatic carbocycles. The average Bonchev–Trinajstić information content (AvgIpc) is 2.38. The summed E-state index contributed by atoms with van der Waals surface area (Å²) in [6, 6.07) is 2.20. The first-order valence-corrected chi connectivity index (χ1v) is 7.51. The van der Waals surface area contributed by atoms with Gasteiger partial charge in [-0.3, -0.25) is 4.79 Å². The van der Waals surface area contributed by atoms with Gasteiger partial charge in [0.05, 0.1) is 0 Å². The Labute approximate surface area is 124 Å². The van der Waals surface area contributed by atoms with Crippen molar-refractivity contribution in [3.05, 3.63) is 33.8 Å². The van der Waals surface area contributed by atoms with Crippen LogP contribution in [0, 0.1) is 17.6 Å². The monoisotopic (exact) mass is 344 g/mol. The van der Waals surface area contributed by atoms with Gasteiger partial charge >= 0.3 is 0 Å². The van der Waals surface area contributed by atoms with E-state index in [0.717, 1.165) is 44.6 Å². The zero-order valence-corrected chi connectivity index (χ0v) is 12.4. The second-order valence-corrected chi connectivity index (χ2v) is 6.38. The molecule has 0 spiro atoms. The Morgan fingerprint density at radius 1 is 1.25 bits per heavy atom. The summed E-state index contributed by atoms with van der Waals surface area (Å²) < 4.78 is 27.8. The third-order valence-corrected chi connectivity index (χ3v) is 4.66. The maximum Gasteiger partial charge on any atom is 0.257 e. The summed E-state index contributed by atoms with van der Waals surface area (Å²) in [5.74, 6) is -1.91. The lowest BCUT2D eigenvalue weighted by molar-refractivity contribution is 0.0616. The Morgan fingerprint density at radius 2 is 1.85 bits per heavy atom. The summed E-state index contributed by atoms with van der Waals surface area (Å²) >= 11 is 3.00. The molecule has 4 rings (SSSR count). The molecule has 0 aromatic heterocycles. The molecular weight excluding hydrogens is 330 g/mol. The largest absolute Gasteiger partial charge is 0.348 e. The topological polar surface area (TPSA) is 32.3 Å². The fraction of sp³-hybridized carbons (Fsp3) is 0.500. The first-order valence-electron chi connectivity index (χ1n) is 6.72. The van der Waals surface area contributed by atoms with Crippen LogP contribution in [-0.4, -0.2) is 36.5 Å². The molecule has 3 aliphatic rings. The minimum absolute atomic E-state index is 0.00699. The average molecular weight is 345 g/mol. The van der Waals surface area contributed by atoms with Crippen LogP contribution in [0.5, 0.6) is 0 Å². The molecule has 2 bridgehead atoms. The molecule has 0 saturated carbocycles. The van der Waals surface area contributed by atoms with E-state index >= 15 is 0 Å². The number of hydrogen-bond acceptors (Lipinski definition) is 2. The van der Waals surface area contributed by atoms with E-state index in [-0.39, 0.29) is 10.5 Å². The lowest BCUT2D eigenvalue weighted by atomic mass is 9.84. The number of nitrogens with one attached hydrogen (secondary N) is 1. The normalized spacial score (nSPS) is 28.4. The van der Waals surface area contributed by atoms with E-state index in [0.29, 0.717) is 5.92 Å². The number of amides is 1. The smallest absolute Gasteiger partial charge is 0.257 e. The van der Waals surface area contributed by atoms with Crippen LogP contribution in [0.25, 0.3) is 0 Å². The molecule has 1 unspecified atom stereocenters. The van der Waals surface area contributed by atoms with Gasteiger partial charge in [0, 0.05) is 17.1 Å². The van der Waals surface area contributed by atoms with Crippen molar-refractivity contribution in [2.45, 2.75) is 18.9 Å². The lowest BCUT2D eigenvalue weighted by Crippen LogP contribution is -2.57. The number of halogens is 3. The number of carbonyl (C=O) groups excluding carboxylic acids is 1. The van der Waals surface area contributed by atoms with E-state index in [1.807, 2.05) is 0 Å². The van der Waals surface area contributed by atoms with Gasteiger partial charge in [0.15, 0.2) is 0 Å². The van der Waals surface area contributed by atoms with E-state index in [1.54, 1.807) is 0 Å². The molecule has 1 aromatic carbocycles. The molecule has 1 N–H and O–H groups in total. The van der Waals surface area contributed by atoms with Crippen molar-refractivity contribution in [1.29, 1.82) is 0 Å². The molecular formula is C14H15BrF2N2O. The van der Waals surface area contributed by atoms with Crippen molar-refractivity contribution in [1.82, 2.24) is 10.2 Å². The summed E-state index contributed by atoms with van der Waals surface area (Å²) in [6.07, 6.45) is 2.08. The van der Waals surface area contributed by atoms with Gasteiger partial charge in [0.2, 0.25) is 0 Å². The Kier molecular flexibility index (Phi) is 3.77. The van der Waals surface area contributed by atoms with E-state index in [4.69, 9.17) is 0 Å². The van der Waals surface area contributed by atoms with Crippen LogP contribution in [0.2, 0.25) is 0 Å². The molecule has 3 saturated heterocycles. The van der Waals surface area contributed by atoms with Crippen LogP contribution in [0.3, 0.4) is 0 Å². The number of rotatable bonds is 2. The molecule has 1 amide bonds. The van der Waals surface area contributed by atoms with Gasteiger partial charge in [-0.1, -0.05) is 15.9 Å². The third-order valence-electron chi connectivity index (χ3n) is 4.21. The highest BCUT2D eigenvalue weighted by atomic mass is 79.9. The van der Waals surface area contributed by atoms with Gasteiger partial charge in [-0.05, 0) is 44.0 Å². The predicted molar refractivity (Wildman–Crippen MR) is 74.5 cm³/mol. The lowest BCUT2D eigenvalue weighted by Gasteiger charge is -2.44. The van der Waals surface area contributed by atoms with Crippen LogP contribution < -0.4 is 5.32 Å². The SMILES string of the molecule is O=C(NC1CN2CCC1CC2)c1c(F)cc(Br)cc1F. The van der Waals surface area contributed by atoms with Crippen molar-refractivity contribution >= 4 is 21.8 Å². The van der Waals surface area contributed by atoms with Crippen molar-refractivity contribution in [2.24, 2.45) is 5.92 Å². The quantitative estimate of drug-likeness (QED) is 0.894. The molecule has 6 heteroatoms. The van der Waals surface area contributed by atoms with Crippen molar-refractivity contribution in [3.63, 3.8) is 0 Å². The number of nitrogens with zero attached hydrogens (tertiary/aromatic N) is 1. The van der Waals surface area contributed by atoms with E-state index in [1.165, 1.54) is 0 Å². The molecule has 0 radical (unpaired) electrons. The highest BCUT2D eigenvalue weighted by molar-refractivity contribution is 9.10. The van der Waals surface area contributed by atoms with Crippen LogP contribution in [0.1, 0.15) is 23.2 Å². The van der Waals surface area contributed by atoms with Crippen LogP contribution in [-0.2, 0) is 0 Å². The summed E-state index contributed by atoms with van der Waals surface area (Å²) in [7, 11) is 0. The summed E-state index contributed by atoms with van der Waals surface area (Å²) in [4.78, 5) is 14.4. The minimum atomic E-state index is -0.837. The number of fused-ring (bicyclic) bond motifs is 3. The van der Waals surface area contributed by atoms with Crippen LogP contribution in [0.4, 0.5) is 8.78 Å². The van der Waals surface area contributed by atoms with Crippen molar-refractivity contribution < 1.29 is 13.6 Å². The van der Waals surface area contributed by atoms with Crippen LogP contribution >= 0.6 is 15.9 Å². The maximum atomic E-state index is 13.8. The number of carbonyl (C=O) groups is 1. The number of benzene rings is 1. The first kappa shape index (κ1) is 13.9. The van der Waals surface area contributed by atoms with Crippen molar-refractivity contribution in [3.8, 4) is 0 Å². The zero-order valence-electron chi connectivity index (χ0n) is 10.8. The maximum absolute atomic E-state index is 13.8. The van der Waals surface area contributed by atoms with E-state index in [9.17, 15) is 13.6 Å². The molecule has 20 heavy (non-hydrogen) atoms. The molecule has 1 atom stereocenters. The summed E-state index contributed by atoms with van der Waals surface area (Å²) in [5.41, 5.74) is -0.496. The Morgan fingerprint density at radius 3 is 2.35 bits per heavy atom. The van der Waals surface area contributed by atoms with E-state index in [2.05, 4.69) is 26.1 Å². The Balaban J connectivity index is 1.77. The highest BCUT2D eigenvalue weighted by Crippen LogP contribution is 2.28. The molecule has 3 fully saturated rings. The fourth-order valence-corrected chi connectivity index (χ4v) is 3.53. The van der Waals surface area contributed by atoms with E-state index < -0.39 is 23.1 Å². The fourth-order valence-electron chi connectivity index (χ4n) is 3.13. The summed E-state index contributed by atoms with van der Waals surface area (Å²) in [5, 5.41) is 2.79. The molecule has 3 nitrogen and oxygen atoms in total. The third kappa shape index (κ3) is 2.59. The standard InChI is InChI=1S/C14H15BrF2N2O/c15-9-5-10(16)13(11(17)6-9)14(20)18-12-7-19-3-1-8(12)2-4-19/h5-6,8,12H,1-4,7H2,(H,18,20). The highest BCUT2D eigenvalue weighted by Gasteiger charge is 2.35. The van der Waals surface area contributed by atoms with Gasteiger partial charge in [-0.15, -0.1) is 0 Å². The number of piperidine rings is 3. The Hall–Kier alpha value is -1.01. The van der Waals surface area contributed by atoms with Crippen molar-refractivity contribution in [2.75, 3.05) is 19.6 Å². The van der Waals surface area contributed by atoms with Gasteiger partial charge in [0.25, 0.3) is 5.91 Å². The number of hydrogen-bond donors (Lipinski definition) is 1. The second-order valence-electron chi connectivity index (χ2n) is 5.46. The predicted octanol–water partition coefficient (Wildman–Crippen LogP) is 2.55. The summed E-state index contributed by atoms with van der Waals surface area (Å²) in [6.45, 7) is 2.88. The molecule has 108 valence electrons. The van der Waals surface area contributed by atoms with Gasteiger partial charge in [-0.2, -0.15) is 0 Å². The molecule has 3 aliphatic heterocycles. The Bertz CT molecular complexity index is 521. The first-order chi connectivity index (χ1) is 9.54.